The average molecular weight is 243 g/mol. The van der Waals surface area contributed by atoms with Gasteiger partial charge in [-0.3, -0.25) is 0 Å². The normalized spacial score (nSPS) is 10.2. The Kier molecular flexibility index (Phi) is 2.12. The molecular weight excluding hydrogens is 238 g/mol. The first-order chi connectivity index (χ1) is 6.27. The summed E-state index contributed by atoms with van der Waals surface area (Å²) in [6, 6.07) is 3.99. The Morgan fingerprint density at radius 3 is 2.85 bits per heavy atom. The molecule has 66 valence electrons. The fraction of sp³-hybridized carbons (Fsp3) is 0. The summed E-state index contributed by atoms with van der Waals surface area (Å²) in [5, 5.41) is 12.8. The molecule has 0 unspecified atom stereocenters. The molecule has 0 fully saturated rings. The summed E-state index contributed by atoms with van der Waals surface area (Å²) in [5.41, 5.74) is 0.943. The maximum atomic E-state index is 13.2. The van der Waals surface area contributed by atoms with Gasteiger partial charge in [-0.1, -0.05) is 0 Å². The van der Waals surface area contributed by atoms with Gasteiger partial charge >= 0.3 is 79.4 Å². The summed E-state index contributed by atoms with van der Waals surface area (Å²) in [6.45, 7) is 0. The first-order valence-corrected chi connectivity index (χ1v) is 5.29. The third kappa shape index (κ3) is 1.61. The van der Waals surface area contributed by atoms with Crippen molar-refractivity contribution in [2.45, 2.75) is 0 Å². The predicted molar refractivity (Wildman–Crippen MR) is 46.0 cm³/mol. The molecule has 0 aliphatic heterocycles. The van der Waals surface area contributed by atoms with E-state index in [1.54, 1.807) is 4.94 Å². The molecule has 0 aliphatic rings. The van der Waals surface area contributed by atoms with E-state index in [1.807, 2.05) is 0 Å². The van der Waals surface area contributed by atoms with Gasteiger partial charge in [-0.2, -0.15) is 0 Å². The number of hydrogen-bond acceptors (Lipinski definition) is 3. The van der Waals surface area contributed by atoms with Crippen molar-refractivity contribution < 1.29 is 9.50 Å². The van der Waals surface area contributed by atoms with Crippen LogP contribution in [0.2, 0.25) is 0 Å². The van der Waals surface area contributed by atoms with Gasteiger partial charge in [-0.25, -0.2) is 0 Å². The van der Waals surface area contributed by atoms with Gasteiger partial charge in [0.1, 0.15) is 0 Å². The summed E-state index contributed by atoms with van der Waals surface area (Å²) < 4.78 is 17.0. The van der Waals surface area contributed by atoms with Crippen molar-refractivity contribution in [3.8, 4) is 17.0 Å². The van der Waals surface area contributed by atoms with Crippen LogP contribution in [0.15, 0.2) is 23.1 Å². The molecular formula is C8H5FN2OSe. The molecule has 0 spiro atoms. The molecule has 0 aliphatic carbocycles. The predicted octanol–water partition coefficient (Wildman–Crippen LogP) is 1.05. The molecule has 0 atom stereocenters. The average Bonchev–Trinajstić information content (AvgIpc) is 2.56. The Bertz CT molecular complexity index is 416. The molecule has 0 saturated heterocycles. The minimum absolute atomic E-state index is 0.000338. The molecule has 5 heteroatoms. The molecule has 1 aromatic heterocycles. The molecule has 1 N–H and O–H groups in total. The van der Waals surface area contributed by atoms with Gasteiger partial charge in [0, 0.05) is 0 Å². The molecule has 1 heterocycles. The fourth-order valence-corrected chi connectivity index (χ4v) is 1.95. The second kappa shape index (κ2) is 3.28. The van der Waals surface area contributed by atoms with Crippen LogP contribution in [0.3, 0.4) is 0 Å². The Balaban J connectivity index is 2.53. The van der Waals surface area contributed by atoms with E-state index in [0.29, 0.717) is 11.3 Å². The first kappa shape index (κ1) is 8.41. The van der Waals surface area contributed by atoms with E-state index in [9.17, 15) is 4.39 Å². The zero-order chi connectivity index (χ0) is 9.26. The summed E-state index contributed by atoms with van der Waals surface area (Å²) in [6.07, 6.45) is 0. The van der Waals surface area contributed by atoms with E-state index in [2.05, 4.69) is 9.19 Å². The molecule has 3 nitrogen and oxygen atoms in total. The summed E-state index contributed by atoms with van der Waals surface area (Å²) in [7, 11) is 0. The van der Waals surface area contributed by atoms with Crippen LogP contribution in [0.25, 0.3) is 11.3 Å². The molecule has 2 rings (SSSR count). The summed E-state index contributed by atoms with van der Waals surface area (Å²) >= 11 is -0.000338. The second-order valence-corrected chi connectivity index (χ2v) is 3.73. The van der Waals surface area contributed by atoms with Gasteiger partial charge in [-0.05, 0) is 0 Å². The first-order valence-electron chi connectivity index (χ1n) is 3.53. The van der Waals surface area contributed by atoms with Crippen molar-refractivity contribution >= 4 is 14.7 Å². The van der Waals surface area contributed by atoms with Gasteiger partial charge < -0.3 is 0 Å². The van der Waals surface area contributed by atoms with Crippen LogP contribution >= 0.6 is 0 Å². The van der Waals surface area contributed by atoms with Crippen molar-refractivity contribution in [3.05, 3.63) is 29.0 Å². The minimum atomic E-state index is -0.470. The van der Waals surface area contributed by atoms with Crippen LogP contribution in [0.4, 0.5) is 4.39 Å². The van der Waals surface area contributed by atoms with Crippen molar-refractivity contribution in [2.75, 3.05) is 0 Å². The van der Waals surface area contributed by atoms with E-state index in [4.69, 9.17) is 5.11 Å². The molecule has 0 bridgehead atoms. The Labute approximate surface area is 79.8 Å². The van der Waals surface area contributed by atoms with Gasteiger partial charge in [-0.15, -0.1) is 0 Å². The zero-order valence-corrected chi connectivity index (χ0v) is 8.15. The topological polar surface area (TPSA) is 46.0 Å². The van der Waals surface area contributed by atoms with E-state index in [-0.39, 0.29) is 20.5 Å². The molecule has 0 saturated carbocycles. The van der Waals surface area contributed by atoms with Gasteiger partial charge in [0.25, 0.3) is 0 Å². The van der Waals surface area contributed by atoms with Gasteiger partial charge in [0.05, 0.1) is 0 Å². The molecule has 0 radical (unpaired) electrons. The monoisotopic (exact) mass is 244 g/mol. The van der Waals surface area contributed by atoms with Crippen molar-refractivity contribution in [3.63, 3.8) is 0 Å². The number of benzene rings is 1. The number of phenols is 1. The molecule has 2 aromatic rings. The van der Waals surface area contributed by atoms with Gasteiger partial charge in [0.2, 0.25) is 0 Å². The summed E-state index contributed by atoms with van der Waals surface area (Å²) in [5.74, 6) is -0.551. The van der Waals surface area contributed by atoms with Crippen molar-refractivity contribution in [1.82, 2.24) is 9.19 Å². The van der Waals surface area contributed by atoms with Crippen molar-refractivity contribution in [1.29, 1.82) is 0 Å². The third-order valence-corrected chi connectivity index (χ3v) is 2.65. The number of aromatic nitrogens is 2. The van der Waals surface area contributed by atoms with Crippen LogP contribution < -0.4 is 0 Å². The van der Waals surface area contributed by atoms with E-state index in [1.165, 1.54) is 12.1 Å². The van der Waals surface area contributed by atoms with E-state index in [0.717, 1.165) is 6.07 Å². The standard InChI is InChI=1S/C8H5FN2OSe/c9-7-3-5(12)1-2-6(7)8-4-13-11-10-8/h1-4,12H. The van der Waals surface area contributed by atoms with E-state index >= 15 is 0 Å². The van der Waals surface area contributed by atoms with Crippen LogP contribution in [0.5, 0.6) is 5.75 Å². The van der Waals surface area contributed by atoms with Crippen LogP contribution in [-0.4, -0.2) is 29.0 Å². The zero-order valence-electron chi connectivity index (χ0n) is 6.44. The maximum absolute atomic E-state index is 13.2. The van der Waals surface area contributed by atoms with Crippen LogP contribution in [-0.2, 0) is 0 Å². The SMILES string of the molecule is Oc1ccc(-c2c[se]nn2)c(F)c1. The number of aromatic hydroxyl groups is 1. The number of nitrogens with zero attached hydrogens (tertiary/aromatic N) is 2. The third-order valence-electron chi connectivity index (χ3n) is 1.59. The quantitative estimate of drug-likeness (QED) is 0.761. The number of phenolic OH excluding ortho intramolecular Hbond substituents is 1. The second-order valence-electron chi connectivity index (χ2n) is 2.45. The molecule has 0 amide bonds. The Hall–Kier alpha value is -1.19. The number of halogens is 1. The van der Waals surface area contributed by atoms with Gasteiger partial charge in [0.15, 0.2) is 0 Å². The van der Waals surface area contributed by atoms with E-state index < -0.39 is 5.82 Å². The Morgan fingerprint density at radius 2 is 2.23 bits per heavy atom. The Morgan fingerprint density at radius 1 is 1.38 bits per heavy atom. The van der Waals surface area contributed by atoms with Crippen LogP contribution in [0.1, 0.15) is 0 Å². The molecule has 1 aromatic carbocycles. The fourth-order valence-electron chi connectivity index (χ4n) is 0.994. The molecule has 13 heavy (non-hydrogen) atoms. The van der Waals surface area contributed by atoms with Crippen LogP contribution in [0, 0.1) is 5.82 Å². The number of rotatable bonds is 1. The number of hydrogen-bond donors (Lipinski definition) is 1. The summed E-state index contributed by atoms with van der Waals surface area (Å²) in [4.78, 5) is 1.79. The van der Waals surface area contributed by atoms with Crippen molar-refractivity contribution in [2.24, 2.45) is 0 Å².